The fourth-order valence-electron chi connectivity index (χ4n) is 1.71. The van der Waals surface area contributed by atoms with Crippen LogP contribution in [0.3, 0.4) is 0 Å². The Hall–Kier alpha value is -2.27. The standard InChI is InChI=1S/C14H12ClFN2O2/c1-20-12-7-8(17)6-10(15)13(12)18-14(19)9-4-2-3-5-11(9)16/h2-7H,17H2,1H3,(H,18,19). The number of carbonyl (C=O) groups excluding carboxylic acids is 1. The fraction of sp³-hybridized carbons (Fsp3) is 0.0714. The Labute approximate surface area is 120 Å². The molecule has 0 spiro atoms. The molecule has 0 aliphatic carbocycles. The highest BCUT2D eigenvalue weighted by Crippen LogP contribution is 2.35. The number of amides is 1. The number of nitrogens with one attached hydrogen (secondary N) is 1. The molecule has 3 N–H and O–H groups in total. The zero-order valence-corrected chi connectivity index (χ0v) is 11.4. The molecule has 2 aromatic carbocycles. The molecule has 6 heteroatoms. The van der Waals surface area contributed by atoms with Gasteiger partial charge < -0.3 is 15.8 Å². The average molecular weight is 295 g/mol. The van der Waals surface area contributed by atoms with Crippen molar-refractivity contribution in [2.75, 3.05) is 18.2 Å². The zero-order chi connectivity index (χ0) is 14.7. The third-order valence-electron chi connectivity index (χ3n) is 2.65. The number of rotatable bonds is 3. The van der Waals surface area contributed by atoms with Gasteiger partial charge in [-0.05, 0) is 18.2 Å². The van der Waals surface area contributed by atoms with E-state index in [1.54, 1.807) is 6.07 Å². The lowest BCUT2D eigenvalue weighted by molar-refractivity contribution is 0.102. The summed E-state index contributed by atoms with van der Waals surface area (Å²) in [4.78, 5) is 12.0. The molecule has 20 heavy (non-hydrogen) atoms. The molecule has 0 aromatic heterocycles. The largest absolute Gasteiger partial charge is 0.494 e. The number of anilines is 2. The summed E-state index contributed by atoms with van der Waals surface area (Å²) in [5.74, 6) is -0.928. The molecule has 0 bridgehead atoms. The van der Waals surface area contributed by atoms with E-state index in [2.05, 4.69) is 5.32 Å². The van der Waals surface area contributed by atoms with Crippen LogP contribution in [0.15, 0.2) is 36.4 Å². The molecule has 0 heterocycles. The molecule has 2 rings (SSSR count). The van der Waals surface area contributed by atoms with Gasteiger partial charge in [-0.3, -0.25) is 4.79 Å². The van der Waals surface area contributed by atoms with Gasteiger partial charge in [0.15, 0.2) is 0 Å². The monoisotopic (exact) mass is 294 g/mol. The van der Waals surface area contributed by atoms with Crippen LogP contribution >= 0.6 is 11.6 Å². The van der Waals surface area contributed by atoms with E-state index in [0.29, 0.717) is 11.4 Å². The Morgan fingerprint density at radius 3 is 2.70 bits per heavy atom. The van der Waals surface area contributed by atoms with Crippen molar-refractivity contribution in [1.29, 1.82) is 0 Å². The highest BCUT2D eigenvalue weighted by atomic mass is 35.5. The van der Waals surface area contributed by atoms with Crippen molar-refractivity contribution in [1.82, 2.24) is 0 Å². The van der Waals surface area contributed by atoms with Gasteiger partial charge in [-0.2, -0.15) is 0 Å². The van der Waals surface area contributed by atoms with Crippen molar-refractivity contribution >= 4 is 28.9 Å². The highest BCUT2D eigenvalue weighted by molar-refractivity contribution is 6.34. The number of nitrogen functional groups attached to an aromatic ring is 1. The molecule has 0 fully saturated rings. The second-order valence-electron chi connectivity index (χ2n) is 4.01. The molecule has 0 aliphatic heterocycles. The summed E-state index contributed by atoms with van der Waals surface area (Å²) >= 11 is 6.02. The second-order valence-corrected chi connectivity index (χ2v) is 4.42. The highest BCUT2D eigenvalue weighted by Gasteiger charge is 2.16. The van der Waals surface area contributed by atoms with Gasteiger partial charge in [-0.15, -0.1) is 0 Å². The molecule has 104 valence electrons. The number of hydrogen-bond acceptors (Lipinski definition) is 3. The predicted octanol–water partition coefficient (Wildman–Crippen LogP) is 3.32. The first-order chi connectivity index (χ1) is 9.52. The van der Waals surface area contributed by atoms with Crippen molar-refractivity contribution in [3.8, 4) is 5.75 Å². The lowest BCUT2D eigenvalue weighted by atomic mass is 10.2. The summed E-state index contributed by atoms with van der Waals surface area (Å²) < 4.78 is 18.6. The first-order valence-electron chi connectivity index (χ1n) is 5.72. The Morgan fingerprint density at radius 2 is 2.05 bits per heavy atom. The number of carbonyl (C=O) groups is 1. The SMILES string of the molecule is COc1cc(N)cc(Cl)c1NC(=O)c1ccccc1F. The van der Waals surface area contributed by atoms with E-state index in [1.165, 1.54) is 37.4 Å². The number of halogens is 2. The van der Waals surface area contributed by atoms with E-state index < -0.39 is 11.7 Å². The van der Waals surface area contributed by atoms with Gasteiger partial charge in [-0.25, -0.2) is 4.39 Å². The molecule has 0 radical (unpaired) electrons. The maximum Gasteiger partial charge on any atom is 0.258 e. The van der Waals surface area contributed by atoms with E-state index in [1.807, 2.05) is 0 Å². The number of methoxy groups -OCH3 is 1. The van der Waals surface area contributed by atoms with Gasteiger partial charge in [0.25, 0.3) is 5.91 Å². The summed E-state index contributed by atoms with van der Waals surface area (Å²) in [6, 6.07) is 8.64. The summed E-state index contributed by atoms with van der Waals surface area (Å²) in [6.07, 6.45) is 0. The normalized spacial score (nSPS) is 10.2. The maximum atomic E-state index is 13.5. The molecular weight excluding hydrogens is 283 g/mol. The summed E-state index contributed by atoms with van der Waals surface area (Å²) in [5.41, 5.74) is 6.20. The Kier molecular flexibility index (Phi) is 4.10. The van der Waals surface area contributed by atoms with Crippen molar-refractivity contribution in [3.05, 3.63) is 52.8 Å². The molecule has 0 unspecified atom stereocenters. The average Bonchev–Trinajstić information content (AvgIpc) is 2.41. The number of ether oxygens (including phenoxy) is 1. The van der Waals surface area contributed by atoms with E-state index in [-0.39, 0.29) is 16.3 Å². The van der Waals surface area contributed by atoms with Gasteiger partial charge >= 0.3 is 0 Å². The molecule has 0 saturated heterocycles. The van der Waals surface area contributed by atoms with Crippen molar-refractivity contribution in [2.24, 2.45) is 0 Å². The van der Waals surface area contributed by atoms with Gasteiger partial charge in [0.2, 0.25) is 0 Å². The lowest BCUT2D eigenvalue weighted by Gasteiger charge is -2.13. The van der Waals surface area contributed by atoms with Crippen LogP contribution < -0.4 is 15.8 Å². The van der Waals surface area contributed by atoms with Crippen LogP contribution in [0.5, 0.6) is 5.75 Å². The minimum atomic E-state index is -0.618. The maximum absolute atomic E-state index is 13.5. The van der Waals surface area contributed by atoms with Crippen LogP contribution in [0.2, 0.25) is 5.02 Å². The Bertz CT molecular complexity index is 662. The van der Waals surface area contributed by atoms with Crippen molar-refractivity contribution in [2.45, 2.75) is 0 Å². The van der Waals surface area contributed by atoms with Crippen molar-refractivity contribution < 1.29 is 13.9 Å². The van der Waals surface area contributed by atoms with Crippen LogP contribution in [0.1, 0.15) is 10.4 Å². The van der Waals surface area contributed by atoms with Crippen LogP contribution in [-0.4, -0.2) is 13.0 Å². The topological polar surface area (TPSA) is 64.3 Å². The van der Waals surface area contributed by atoms with Crippen molar-refractivity contribution in [3.63, 3.8) is 0 Å². The number of hydrogen-bond donors (Lipinski definition) is 2. The molecule has 1 amide bonds. The molecule has 0 atom stereocenters. The smallest absolute Gasteiger partial charge is 0.258 e. The minimum absolute atomic E-state index is 0.0811. The number of benzene rings is 2. The fourth-order valence-corrected chi connectivity index (χ4v) is 1.98. The van der Waals surface area contributed by atoms with Crippen LogP contribution in [0.25, 0.3) is 0 Å². The third-order valence-corrected chi connectivity index (χ3v) is 2.95. The van der Waals surface area contributed by atoms with Crippen LogP contribution in [0, 0.1) is 5.82 Å². The third kappa shape index (κ3) is 2.83. The van der Waals surface area contributed by atoms with E-state index in [0.717, 1.165) is 0 Å². The van der Waals surface area contributed by atoms with Gasteiger partial charge in [0, 0.05) is 11.8 Å². The van der Waals surface area contributed by atoms with Crippen LogP contribution in [-0.2, 0) is 0 Å². The van der Waals surface area contributed by atoms with Gasteiger partial charge in [0.1, 0.15) is 17.3 Å². The molecule has 4 nitrogen and oxygen atoms in total. The predicted molar refractivity (Wildman–Crippen MR) is 76.8 cm³/mol. The number of nitrogens with two attached hydrogens (primary N) is 1. The Balaban J connectivity index is 2.35. The van der Waals surface area contributed by atoms with Gasteiger partial charge in [0.05, 0.1) is 17.7 Å². The Morgan fingerprint density at radius 1 is 1.35 bits per heavy atom. The van der Waals surface area contributed by atoms with E-state index >= 15 is 0 Å². The minimum Gasteiger partial charge on any atom is -0.494 e. The molecular formula is C14H12ClFN2O2. The lowest BCUT2D eigenvalue weighted by Crippen LogP contribution is -2.14. The summed E-state index contributed by atoms with van der Waals surface area (Å²) in [5, 5.41) is 2.74. The second kappa shape index (κ2) is 5.79. The summed E-state index contributed by atoms with van der Waals surface area (Å²) in [6.45, 7) is 0. The molecule has 0 aliphatic rings. The summed E-state index contributed by atoms with van der Waals surface area (Å²) in [7, 11) is 1.42. The quantitative estimate of drug-likeness (QED) is 0.854. The zero-order valence-electron chi connectivity index (χ0n) is 10.6. The molecule has 0 saturated carbocycles. The van der Waals surface area contributed by atoms with Crippen LogP contribution in [0.4, 0.5) is 15.8 Å². The molecule has 2 aromatic rings. The first kappa shape index (κ1) is 14.1. The van der Waals surface area contributed by atoms with E-state index in [9.17, 15) is 9.18 Å². The van der Waals surface area contributed by atoms with E-state index in [4.69, 9.17) is 22.1 Å². The van der Waals surface area contributed by atoms with Gasteiger partial charge in [-0.1, -0.05) is 23.7 Å². The first-order valence-corrected chi connectivity index (χ1v) is 6.09.